The van der Waals surface area contributed by atoms with Crippen LogP contribution in [0.5, 0.6) is 0 Å². The van der Waals surface area contributed by atoms with Gasteiger partial charge >= 0.3 is 0 Å². The summed E-state index contributed by atoms with van der Waals surface area (Å²) in [4.78, 5) is 41.4. The molecule has 1 aromatic heterocycles. The molecule has 7 heteroatoms. The number of benzene rings is 1. The molecule has 2 aliphatic rings. The van der Waals surface area contributed by atoms with E-state index in [0.717, 1.165) is 12.8 Å². The van der Waals surface area contributed by atoms with Crippen molar-refractivity contribution in [1.82, 2.24) is 15.1 Å². The summed E-state index contributed by atoms with van der Waals surface area (Å²) >= 11 is 0. The fraction of sp³-hybridized carbons (Fsp3) is 0.318. The van der Waals surface area contributed by atoms with Crippen molar-refractivity contribution in [2.75, 3.05) is 13.1 Å². The van der Waals surface area contributed by atoms with E-state index in [0.29, 0.717) is 16.9 Å². The molecule has 0 radical (unpaired) electrons. The van der Waals surface area contributed by atoms with E-state index in [-0.39, 0.29) is 43.4 Å². The molecule has 1 aliphatic carbocycles. The van der Waals surface area contributed by atoms with Gasteiger partial charge in [-0.15, -0.1) is 6.42 Å². The second-order valence-electron chi connectivity index (χ2n) is 7.18. The fourth-order valence-corrected chi connectivity index (χ4v) is 3.64. The molecular weight excluding hydrogens is 370 g/mol. The smallest absolute Gasteiger partial charge is 0.255 e. The Hall–Kier alpha value is -3.53. The van der Waals surface area contributed by atoms with Crippen molar-refractivity contribution < 1.29 is 18.8 Å². The van der Waals surface area contributed by atoms with Crippen molar-refractivity contribution in [3.63, 3.8) is 0 Å². The lowest BCUT2D eigenvalue weighted by atomic mass is 10.0. The van der Waals surface area contributed by atoms with Gasteiger partial charge in [-0.3, -0.25) is 14.4 Å². The zero-order valence-electron chi connectivity index (χ0n) is 15.8. The quantitative estimate of drug-likeness (QED) is 0.729. The number of nitrogens with zero attached hydrogens (tertiary/aromatic N) is 2. The van der Waals surface area contributed by atoms with Gasteiger partial charge in [0.25, 0.3) is 5.91 Å². The van der Waals surface area contributed by atoms with Crippen LogP contribution in [0.3, 0.4) is 0 Å². The SMILES string of the molecule is C#CCN(Cc1ccco1)C(=O)CNC(=O)C1c2ccccc2C(=O)N1C1CC1. The minimum absolute atomic E-state index is 0.0817. The summed E-state index contributed by atoms with van der Waals surface area (Å²) in [6.07, 6.45) is 8.68. The highest BCUT2D eigenvalue weighted by Gasteiger charge is 2.47. The molecule has 1 aliphatic heterocycles. The first-order valence-electron chi connectivity index (χ1n) is 9.53. The Morgan fingerprint density at radius 1 is 1.24 bits per heavy atom. The summed E-state index contributed by atoms with van der Waals surface area (Å²) in [6.45, 7) is 0.131. The average Bonchev–Trinajstić information content (AvgIpc) is 3.35. The lowest BCUT2D eigenvalue weighted by Crippen LogP contribution is -2.45. The van der Waals surface area contributed by atoms with Crippen LogP contribution in [-0.4, -0.2) is 46.7 Å². The maximum atomic E-state index is 13.0. The summed E-state index contributed by atoms with van der Waals surface area (Å²) in [5.74, 6) is 2.26. The fourth-order valence-electron chi connectivity index (χ4n) is 3.64. The van der Waals surface area contributed by atoms with Crippen LogP contribution in [0.1, 0.15) is 40.6 Å². The zero-order chi connectivity index (χ0) is 20.4. The Morgan fingerprint density at radius 3 is 2.72 bits per heavy atom. The lowest BCUT2D eigenvalue weighted by Gasteiger charge is -2.25. The summed E-state index contributed by atoms with van der Waals surface area (Å²) in [7, 11) is 0. The number of rotatable bonds is 7. The first-order valence-corrected chi connectivity index (χ1v) is 9.53. The van der Waals surface area contributed by atoms with Crippen molar-refractivity contribution >= 4 is 17.7 Å². The number of fused-ring (bicyclic) bond motifs is 1. The van der Waals surface area contributed by atoms with Crippen LogP contribution in [-0.2, 0) is 16.1 Å². The van der Waals surface area contributed by atoms with E-state index < -0.39 is 6.04 Å². The molecule has 3 amide bonds. The van der Waals surface area contributed by atoms with Crippen molar-refractivity contribution in [2.45, 2.75) is 31.5 Å². The largest absolute Gasteiger partial charge is 0.467 e. The molecule has 2 heterocycles. The topological polar surface area (TPSA) is 82.9 Å². The first kappa shape index (κ1) is 18.8. The minimum Gasteiger partial charge on any atom is -0.467 e. The van der Waals surface area contributed by atoms with Gasteiger partial charge in [0.05, 0.1) is 25.9 Å². The second-order valence-corrected chi connectivity index (χ2v) is 7.18. The molecule has 1 unspecified atom stereocenters. The molecule has 0 spiro atoms. The molecule has 4 rings (SSSR count). The number of hydrogen-bond donors (Lipinski definition) is 1. The number of carbonyl (C=O) groups excluding carboxylic acids is 3. The van der Waals surface area contributed by atoms with Gasteiger partial charge in [-0.2, -0.15) is 0 Å². The van der Waals surface area contributed by atoms with Crippen LogP contribution in [0.4, 0.5) is 0 Å². The highest BCUT2D eigenvalue weighted by molar-refractivity contribution is 6.05. The van der Waals surface area contributed by atoms with Gasteiger partial charge < -0.3 is 19.5 Å². The molecule has 2 aromatic rings. The van der Waals surface area contributed by atoms with Gasteiger partial charge in [-0.05, 0) is 36.6 Å². The Balaban J connectivity index is 1.45. The molecule has 0 saturated heterocycles. The predicted molar refractivity (Wildman–Crippen MR) is 104 cm³/mol. The van der Waals surface area contributed by atoms with Gasteiger partial charge in [0, 0.05) is 11.6 Å². The summed E-state index contributed by atoms with van der Waals surface area (Å²) < 4.78 is 5.27. The first-order chi connectivity index (χ1) is 14.1. The van der Waals surface area contributed by atoms with Crippen LogP contribution in [0.25, 0.3) is 0 Å². The number of carbonyl (C=O) groups is 3. The zero-order valence-corrected chi connectivity index (χ0v) is 15.8. The van der Waals surface area contributed by atoms with Gasteiger partial charge in [0.1, 0.15) is 11.8 Å². The summed E-state index contributed by atoms with van der Waals surface area (Å²) in [5, 5.41) is 2.69. The summed E-state index contributed by atoms with van der Waals surface area (Å²) in [5.41, 5.74) is 1.24. The van der Waals surface area contributed by atoms with Crippen LogP contribution >= 0.6 is 0 Å². The van der Waals surface area contributed by atoms with Gasteiger partial charge in [-0.1, -0.05) is 24.1 Å². The Morgan fingerprint density at radius 2 is 2.03 bits per heavy atom. The minimum atomic E-state index is -0.704. The van der Waals surface area contributed by atoms with Crippen LogP contribution in [0.15, 0.2) is 47.1 Å². The molecule has 1 saturated carbocycles. The monoisotopic (exact) mass is 391 g/mol. The molecule has 1 fully saturated rings. The molecule has 1 atom stereocenters. The number of amides is 3. The van der Waals surface area contributed by atoms with Crippen LogP contribution in [0.2, 0.25) is 0 Å². The van der Waals surface area contributed by atoms with E-state index in [1.807, 2.05) is 6.07 Å². The maximum absolute atomic E-state index is 13.0. The van der Waals surface area contributed by atoms with E-state index in [9.17, 15) is 14.4 Å². The Kier molecular flexibility index (Phi) is 5.09. The molecule has 1 aromatic carbocycles. The third-order valence-corrected chi connectivity index (χ3v) is 5.16. The molecule has 0 bridgehead atoms. The highest BCUT2D eigenvalue weighted by atomic mass is 16.3. The Bertz CT molecular complexity index is 972. The van der Waals surface area contributed by atoms with Gasteiger partial charge in [-0.25, -0.2) is 0 Å². The van der Waals surface area contributed by atoms with Crippen LogP contribution in [0, 0.1) is 12.3 Å². The Labute approximate surface area is 168 Å². The highest BCUT2D eigenvalue weighted by Crippen LogP contribution is 2.41. The van der Waals surface area contributed by atoms with Crippen molar-refractivity contribution in [3.05, 3.63) is 59.5 Å². The predicted octanol–water partition coefficient (Wildman–Crippen LogP) is 1.72. The van der Waals surface area contributed by atoms with E-state index in [4.69, 9.17) is 10.8 Å². The van der Waals surface area contributed by atoms with E-state index in [2.05, 4.69) is 11.2 Å². The van der Waals surface area contributed by atoms with Gasteiger partial charge in [0.15, 0.2) is 0 Å². The number of nitrogens with one attached hydrogen (secondary N) is 1. The van der Waals surface area contributed by atoms with Crippen molar-refractivity contribution in [1.29, 1.82) is 0 Å². The number of terminal acetylenes is 1. The molecular formula is C22H21N3O4. The van der Waals surface area contributed by atoms with Crippen molar-refractivity contribution in [2.24, 2.45) is 0 Å². The second kappa shape index (κ2) is 7.84. The standard InChI is InChI=1S/C22H21N3O4/c1-2-11-24(14-16-6-5-12-29-16)19(26)13-23-21(27)20-17-7-3-4-8-18(17)22(28)25(20)15-9-10-15/h1,3-8,12,15,20H,9-11,13-14H2,(H,23,27). The number of furan rings is 1. The summed E-state index contributed by atoms with van der Waals surface area (Å²) in [6, 6.07) is 10.0. The van der Waals surface area contributed by atoms with E-state index >= 15 is 0 Å². The van der Waals surface area contributed by atoms with E-state index in [1.54, 1.807) is 35.2 Å². The van der Waals surface area contributed by atoms with E-state index in [1.165, 1.54) is 11.2 Å². The molecule has 148 valence electrons. The maximum Gasteiger partial charge on any atom is 0.255 e. The van der Waals surface area contributed by atoms with Crippen LogP contribution < -0.4 is 5.32 Å². The number of hydrogen-bond acceptors (Lipinski definition) is 4. The molecule has 7 nitrogen and oxygen atoms in total. The third kappa shape index (κ3) is 3.74. The average molecular weight is 391 g/mol. The van der Waals surface area contributed by atoms with Crippen molar-refractivity contribution in [3.8, 4) is 12.3 Å². The molecule has 29 heavy (non-hydrogen) atoms. The van der Waals surface area contributed by atoms with Gasteiger partial charge in [0.2, 0.25) is 11.8 Å². The third-order valence-electron chi connectivity index (χ3n) is 5.16. The normalized spacial score (nSPS) is 17.6. The lowest BCUT2D eigenvalue weighted by molar-refractivity contribution is -0.134. The molecule has 1 N–H and O–H groups in total.